The quantitative estimate of drug-likeness (QED) is 0.820. The molecule has 2 heterocycles. The number of aliphatic carboxylic acids is 1. The van der Waals surface area contributed by atoms with Crippen LogP contribution >= 0.6 is 0 Å². The Morgan fingerprint density at radius 3 is 2.71 bits per heavy atom. The molecule has 0 spiro atoms. The monoisotopic (exact) mass is 286 g/mol. The third kappa shape index (κ3) is 4.31. The molecule has 2 rings (SSSR count). The lowest BCUT2D eigenvalue weighted by Gasteiger charge is -2.03. The number of furan rings is 1. The molecule has 0 saturated carbocycles. The van der Waals surface area contributed by atoms with E-state index in [0.717, 1.165) is 11.8 Å². The number of pyridine rings is 1. The molecule has 2 aromatic heterocycles. The molecule has 0 bridgehead atoms. The van der Waals surface area contributed by atoms with Crippen molar-refractivity contribution in [3.05, 3.63) is 59.3 Å². The number of hydrogen-bond donors (Lipinski definition) is 2. The van der Waals surface area contributed by atoms with Gasteiger partial charge >= 0.3 is 5.97 Å². The van der Waals surface area contributed by atoms with Gasteiger partial charge in [-0.1, -0.05) is 6.07 Å². The van der Waals surface area contributed by atoms with Crippen molar-refractivity contribution < 1.29 is 19.1 Å². The molecular formula is C15H14N2O4. The number of nitrogens with zero attached hydrogens (tertiary/aromatic N) is 1. The zero-order valence-corrected chi connectivity index (χ0v) is 11.4. The molecule has 1 amide bonds. The number of carbonyl (C=O) groups excluding carboxylic acids is 1. The number of aromatic nitrogens is 1. The molecule has 108 valence electrons. The van der Waals surface area contributed by atoms with Crippen LogP contribution in [-0.2, 0) is 11.3 Å². The summed E-state index contributed by atoms with van der Waals surface area (Å²) in [5.74, 6) is 0.0946. The highest BCUT2D eigenvalue weighted by atomic mass is 16.4. The van der Waals surface area contributed by atoms with Crippen LogP contribution < -0.4 is 5.32 Å². The van der Waals surface area contributed by atoms with Crippen molar-refractivity contribution in [2.45, 2.75) is 13.5 Å². The first-order chi connectivity index (χ1) is 10.0. The van der Waals surface area contributed by atoms with Crippen molar-refractivity contribution in [3.8, 4) is 0 Å². The summed E-state index contributed by atoms with van der Waals surface area (Å²) in [5, 5.41) is 11.2. The van der Waals surface area contributed by atoms with Crippen molar-refractivity contribution in [2.75, 3.05) is 0 Å². The predicted molar refractivity (Wildman–Crippen MR) is 75.5 cm³/mol. The Bertz CT molecular complexity index is 671. The van der Waals surface area contributed by atoms with Crippen LogP contribution in [0.15, 0.2) is 41.0 Å². The van der Waals surface area contributed by atoms with Gasteiger partial charge in [-0.2, -0.15) is 0 Å². The van der Waals surface area contributed by atoms with Gasteiger partial charge in [-0.05, 0) is 36.8 Å². The Balaban J connectivity index is 1.95. The SMILES string of the molecule is Cc1ccc(CNC(=O)c2ccc(C=CC(=O)O)cn2)o1. The molecular weight excluding hydrogens is 272 g/mol. The van der Waals surface area contributed by atoms with E-state index in [1.54, 1.807) is 12.1 Å². The van der Waals surface area contributed by atoms with Gasteiger partial charge in [0.15, 0.2) is 0 Å². The third-order valence-electron chi connectivity index (χ3n) is 2.66. The molecule has 0 unspecified atom stereocenters. The van der Waals surface area contributed by atoms with E-state index in [4.69, 9.17) is 9.52 Å². The van der Waals surface area contributed by atoms with E-state index in [2.05, 4.69) is 10.3 Å². The fourth-order valence-electron chi connectivity index (χ4n) is 1.64. The van der Waals surface area contributed by atoms with E-state index in [9.17, 15) is 9.59 Å². The van der Waals surface area contributed by atoms with Crippen LogP contribution in [0.5, 0.6) is 0 Å². The van der Waals surface area contributed by atoms with Crippen LogP contribution in [0.4, 0.5) is 0 Å². The zero-order valence-electron chi connectivity index (χ0n) is 11.4. The average molecular weight is 286 g/mol. The van der Waals surface area contributed by atoms with Gasteiger partial charge < -0.3 is 14.8 Å². The first-order valence-electron chi connectivity index (χ1n) is 6.25. The minimum atomic E-state index is -1.04. The van der Waals surface area contributed by atoms with Crippen LogP contribution in [-0.4, -0.2) is 22.0 Å². The van der Waals surface area contributed by atoms with E-state index >= 15 is 0 Å². The van der Waals surface area contributed by atoms with Crippen molar-refractivity contribution in [1.82, 2.24) is 10.3 Å². The van der Waals surface area contributed by atoms with Crippen molar-refractivity contribution in [3.63, 3.8) is 0 Å². The van der Waals surface area contributed by atoms with Crippen LogP contribution in [0.25, 0.3) is 6.08 Å². The smallest absolute Gasteiger partial charge is 0.328 e. The topological polar surface area (TPSA) is 92.4 Å². The number of carbonyl (C=O) groups is 2. The van der Waals surface area contributed by atoms with E-state index in [-0.39, 0.29) is 18.1 Å². The molecule has 0 aliphatic carbocycles. The number of nitrogens with one attached hydrogen (secondary N) is 1. The second-order valence-electron chi connectivity index (χ2n) is 4.34. The maximum Gasteiger partial charge on any atom is 0.328 e. The van der Waals surface area contributed by atoms with Crippen LogP contribution in [0.3, 0.4) is 0 Å². The molecule has 0 fully saturated rings. The Hall–Kier alpha value is -2.89. The van der Waals surface area contributed by atoms with Gasteiger partial charge in [0.25, 0.3) is 5.91 Å². The van der Waals surface area contributed by atoms with Crippen molar-refractivity contribution >= 4 is 18.0 Å². The van der Waals surface area contributed by atoms with Crippen molar-refractivity contribution in [1.29, 1.82) is 0 Å². The summed E-state index contributed by atoms with van der Waals surface area (Å²) in [5.41, 5.74) is 0.862. The molecule has 0 saturated heterocycles. The minimum absolute atomic E-state index is 0.255. The molecule has 0 atom stereocenters. The van der Waals surface area contributed by atoms with E-state index < -0.39 is 5.97 Å². The second-order valence-corrected chi connectivity index (χ2v) is 4.34. The summed E-state index contributed by atoms with van der Waals surface area (Å²) in [6.45, 7) is 2.12. The summed E-state index contributed by atoms with van der Waals surface area (Å²) in [6, 6.07) is 6.77. The molecule has 6 heteroatoms. The summed E-state index contributed by atoms with van der Waals surface area (Å²) in [7, 11) is 0. The minimum Gasteiger partial charge on any atom is -0.478 e. The van der Waals surface area contributed by atoms with Gasteiger partial charge in [0.1, 0.15) is 17.2 Å². The van der Waals surface area contributed by atoms with Gasteiger partial charge in [-0.15, -0.1) is 0 Å². The molecule has 0 radical (unpaired) electrons. The number of carboxylic acid groups (broad SMARTS) is 1. The van der Waals surface area contributed by atoms with Gasteiger partial charge in [0, 0.05) is 12.3 Å². The maximum absolute atomic E-state index is 11.9. The highest BCUT2D eigenvalue weighted by molar-refractivity contribution is 5.92. The highest BCUT2D eigenvalue weighted by Crippen LogP contribution is 2.06. The summed E-state index contributed by atoms with van der Waals surface area (Å²) >= 11 is 0. The van der Waals surface area contributed by atoms with Gasteiger partial charge in [0.05, 0.1) is 6.54 Å². The summed E-state index contributed by atoms with van der Waals surface area (Å²) in [6.07, 6.45) is 3.85. The average Bonchev–Trinajstić information content (AvgIpc) is 2.89. The molecule has 2 N–H and O–H groups in total. The first-order valence-corrected chi connectivity index (χ1v) is 6.25. The standard InChI is InChI=1S/C15H14N2O4/c1-10-2-5-12(21-10)9-17-15(20)13-6-3-11(8-16-13)4-7-14(18)19/h2-8H,9H2,1H3,(H,17,20)(H,18,19). The maximum atomic E-state index is 11.9. The van der Waals surface area contributed by atoms with E-state index in [1.807, 2.05) is 13.0 Å². The predicted octanol–water partition coefficient (Wildman–Crippen LogP) is 2.01. The molecule has 0 aromatic carbocycles. The van der Waals surface area contributed by atoms with Gasteiger partial charge in [-0.25, -0.2) is 4.79 Å². The Labute approximate surface area is 121 Å². The summed E-state index contributed by atoms with van der Waals surface area (Å²) < 4.78 is 5.34. The lowest BCUT2D eigenvalue weighted by molar-refractivity contribution is -0.131. The van der Waals surface area contributed by atoms with Crippen LogP contribution in [0.2, 0.25) is 0 Å². The number of rotatable bonds is 5. The van der Waals surface area contributed by atoms with E-state index in [1.165, 1.54) is 18.3 Å². The Morgan fingerprint density at radius 2 is 2.14 bits per heavy atom. The molecule has 2 aromatic rings. The van der Waals surface area contributed by atoms with Gasteiger partial charge in [-0.3, -0.25) is 9.78 Å². The molecule has 21 heavy (non-hydrogen) atoms. The molecule has 6 nitrogen and oxygen atoms in total. The fraction of sp³-hybridized carbons (Fsp3) is 0.133. The number of amides is 1. The number of hydrogen-bond acceptors (Lipinski definition) is 4. The van der Waals surface area contributed by atoms with Crippen molar-refractivity contribution in [2.24, 2.45) is 0 Å². The Kier molecular flexibility index (Phi) is 4.50. The molecule has 0 aliphatic rings. The lowest BCUT2D eigenvalue weighted by atomic mass is 10.2. The zero-order chi connectivity index (χ0) is 15.2. The first kappa shape index (κ1) is 14.5. The number of aryl methyl sites for hydroxylation is 1. The molecule has 0 aliphatic heterocycles. The lowest BCUT2D eigenvalue weighted by Crippen LogP contribution is -2.23. The normalized spacial score (nSPS) is 10.7. The van der Waals surface area contributed by atoms with Gasteiger partial charge in [0.2, 0.25) is 0 Å². The van der Waals surface area contributed by atoms with Crippen LogP contribution in [0.1, 0.15) is 27.6 Å². The third-order valence-corrected chi connectivity index (χ3v) is 2.66. The Morgan fingerprint density at radius 1 is 1.33 bits per heavy atom. The number of carboxylic acids is 1. The highest BCUT2D eigenvalue weighted by Gasteiger charge is 2.07. The summed E-state index contributed by atoms with van der Waals surface area (Å²) in [4.78, 5) is 26.3. The van der Waals surface area contributed by atoms with Crippen LogP contribution in [0, 0.1) is 6.92 Å². The largest absolute Gasteiger partial charge is 0.478 e. The second kappa shape index (κ2) is 6.51. The van der Waals surface area contributed by atoms with E-state index in [0.29, 0.717) is 11.3 Å². The fourth-order valence-corrected chi connectivity index (χ4v) is 1.64.